The van der Waals surface area contributed by atoms with E-state index in [9.17, 15) is 9.18 Å². The summed E-state index contributed by atoms with van der Waals surface area (Å²) in [5.41, 5.74) is 0.558. The molecule has 0 aliphatic rings. The average molecular weight is 288 g/mol. The zero-order chi connectivity index (χ0) is 15.1. The lowest BCUT2D eigenvalue weighted by molar-refractivity contribution is -0.116. The lowest BCUT2D eigenvalue weighted by Gasteiger charge is -2.05. The summed E-state index contributed by atoms with van der Waals surface area (Å²) in [5, 5.41) is 15.0. The first-order chi connectivity index (χ1) is 10.2. The first kappa shape index (κ1) is 14.7. The largest absolute Gasteiger partial charge is 0.395 e. The van der Waals surface area contributed by atoms with Gasteiger partial charge < -0.3 is 10.4 Å². The van der Waals surface area contributed by atoms with Gasteiger partial charge in [-0.3, -0.25) is 4.79 Å². The van der Waals surface area contributed by atoms with Crippen molar-refractivity contribution in [3.05, 3.63) is 42.2 Å². The van der Waals surface area contributed by atoms with Crippen LogP contribution in [0.5, 0.6) is 0 Å². The second-order valence-corrected chi connectivity index (χ2v) is 4.11. The van der Waals surface area contributed by atoms with E-state index < -0.39 is 5.82 Å². The summed E-state index contributed by atoms with van der Waals surface area (Å²) in [5.74, 6) is 4.38. The monoisotopic (exact) mass is 288 g/mol. The third-order valence-electron chi connectivity index (χ3n) is 2.48. The lowest BCUT2D eigenvalue weighted by Crippen LogP contribution is -2.19. The fourth-order valence-corrected chi connectivity index (χ4v) is 1.57. The van der Waals surface area contributed by atoms with Crippen molar-refractivity contribution in [3.8, 4) is 11.8 Å². The number of benzene rings is 1. The molecular formula is C14H13FN4O2. The summed E-state index contributed by atoms with van der Waals surface area (Å²) in [6.45, 7) is -0.0648. The second kappa shape index (κ2) is 7.17. The van der Waals surface area contributed by atoms with Gasteiger partial charge in [-0.15, -0.1) is 0 Å². The topological polar surface area (TPSA) is 80.0 Å². The molecule has 0 atom stereocenters. The van der Waals surface area contributed by atoms with Crippen LogP contribution in [0.2, 0.25) is 0 Å². The third kappa shape index (κ3) is 4.40. The van der Waals surface area contributed by atoms with Crippen LogP contribution in [0.3, 0.4) is 0 Å². The Kier molecular flexibility index (Phi) is 5.01. The van der Waals surface area contributed by atoms with Crippen LogP contribution in [0.15, 0.2) is 30.9 Å². The zero-order valence-electron chi connectivity index (χ0n) is 11.1. The van der Waals surface area contributed by atoms with Gasteiger partial charge in [-0.05, 0) is 18.2 Å². The van der Waals surface area contributed by atoms with Gasteiger partial charge in [0.1, 0.15) is 25.0 Å². The number of nitrogens with one attached hydrogen (secondary N) is 1. The highest BCUT2D eigenvalue weighted by Crippen LogP contribution is 2.14. The Labute approximate surface area is 120 Å². The first-order valence-electron chi connectivity index (χ1n) is 6.20. The van der Waals surface area contributed by atoms with Crippen molar-refractivity contribution in [1.29, 1.82) is 0 Å². The molecule has 1 aromatic heterocycles. The molecule has 0 aliphatic carbocycles. The highest BCUT2D eigenvalue weighted by molar-refractivity contribution is 5.90. The van der Waals surface area contributed by atoms with Crippen molar-refractivity contribution in [2.24, 2.45) is 0 Å². The minimum Gasteiger partial charge on any atom is -0.395 e. The number of aliphatic hydroxyl groups is 1. The van der Waals surface area contributed by atoms with E-state index in [1.165, 1.54) is 29.5 Å². The lowest BCUT2D eigenvalue weighted by atomic mass is 10.2. The van der Waals surface area contributed by atoms with E-state index in [0.29, 0.717) is 5.69 Å². The van der Waals surface area contributed by atoms with E-state index in [4.69, 9.17) is 5.11 Å². The molecule has 0 saturated carbocycles. The maximum absolute atomic E-state index is 13.8. The molecule has 2 N–H and O–H groups in total. The third-order valence-corrected chi connectivity index (χ3v) is 2.48. The maximum atomic E-state index is 13.8. The summed E-state index contributed by atoms with van der Waals surface area (Å²) >= 11 is 0. The van der Waals surface area contributed by atoms with Gasteiger partial charge in [-0.1, -0.05) is 11.8 Å². The number of amides is 1. The zero-order valence-corrected chi connectivity index (χ0v) is 11.1. The average Bonchev–Trinajstić information content (AvgIpc) is 2.94. The number of hydrogen-bond donors (Lipinski definition) is 2. The summed E-state index contributed by atoms with van der Waals surface area (Å²) in [6, 6.07) is 4.23. The van der Waals surface area contributed by atoms with Crippen LogP contribution in [0.1, 0.15) is 12.0 Å². The molecule has 7 heteroatoms. The van der Waals surface area contributed by atoms with Gasteiger partial charge >= 0.3 is 0 Å². The molecule has 0 spiro atoms. The Morgan fingerprint density at radius 2 is 2.33 bits per heavy atom. The fraction of sp³-hybridized carbons (Fsp3) is 0.214. The molecule has 0 fully saturated rings. The molecule has 0 aliphatic heterocycles. The van der Waals surface area contributed by atoms with E-state index >= 15 is 0 Å². The van der Waals surface area contributed by atoms with Crippen LogP contribution in [0.25, 0.3) is 0 Å². The van der Waals surface area contributed by atoms with Crippen molar-refractivity contribution < 1.29 is 14.3 Å². The normalized spacial score (nSPS) is 9.81. The van der Waals surface area contributed by atoms with Crippen molar-refractivity contribution in [1.82, 2.24) is 14.8 Å². The number of anilines is 1. The summed E-state index contributed by atoms with van der Waals surface area (Å²) in [4.78, 5) is 15.4. The number of carbonyl (C=O) groups excluding carboxylic acids is 1. The van der Waals surface area contributed by atoms with Gasteiger partial charge in [0.15, 0.2) is 0 Å². The standard InChI is InChI=1S/C14H13FN4O2/c15-13-7-12(5-4-11(13)3-1-2-6-20)18-14(21)8-19-10-16-9-17-19/h4-5,7,9-10,20H,2,6,8H2,(H,18,21). The minimum absolute atomic E-state index is 0.000321. The number of nitrogens with zero attached hydrogens (tertiary/aromatic N) is 3. The fourth-order valence-electron chi connectivity index (χ4n) is 1.57. The van der Waals surface area contributed by atoms with E-state index in [1.54, 1.807) is 6.07 Å². The molecule has 0 saturated heterocycles. The molecule has 2 aromatic rings. The molecule has 1 heterocycles. The maximum Gasteiger partial charge on any atom is 0.246 e. The smallest absolute Gasteiger partial charge is 0.246 e. The van der Waals surface area contributed by atoms with Crippen LogP contribution in [-0.2, 0) is 11.3 Å². The Morgan fingerprint density at radius 3 is 3.00 bits per heavy atom. The van der Waals surface area contributed by atoms with E-state index in [-0.39, 0.29) is 31.0 Å². The molecule has 21 heavy (non-hydrogen) atoms. The molecule has 0 radical (unpaired) electrons. The Balaban J connectivity index is 2.00. The number of aromatic nitrogens is 3. The van der Waals surface area contributed by atoms with E-state index in [1.807, 2.05) is 0 Å². The van der Waals surface area contributed by atoms with Gasteiger partial charge in [0.25, 0.3) is 0 Å². The molecule has 0 unspecified atom stereocenters. The quantitative estimate of drug-likeness (QED) is 0.815. The Hall–Kier alpha value is -2.72. The predicted molar refractivity (Wildman–Crippen MR) is 73.6 cm³/mol. The minimum atomic E-state index is -0.529. The van der Waals surface area contributed by atoms with Crippen molar-refractivity contribution in [2.45, 2.75) is 13.0 Å². The van der Waals surface area contributed by atoms with E-state index in [0.717, 1.165) is 0 Å². The number of hydrogen-bond acceptors (Lipinski definition) is 4. The van der Waals surface area contributed by atoms with Gasteiger partial charge in [0.2, 0.25) is 5.91 Å². The van der Waals surface area contributed by atoms with Crippen LogP contribution in [0, 0.1) is 17.7 Å². The molecule has 108 valence electrons. The first-order valence-corrected chi connectivity index (χ1v) is 6.20. The summed E-state index contributed by atoms with van der Waals surface area (Å²) in [6.07, 6.45) is 3.03. The van der Waals surface area contributed by atoms with Gasteiger partial charge in [0.05, 0.1) is 12.2 Å². The van der Waals surface area contributed by atoms with Crippen LogP contribution in [-0.4, -0.2) is 32.4 Å². The number of rotatable bonds is 4. The SMILES string of the molecule is O=C(Cn1cncn1)Nc1ccc(C#CCCO)c(F)c1. The van der Waals surface area contributed by atoms with Gasteiger partial charge in [0, 0.05) is 12.1 Å². The molecular weight excluding hydrogens is 275 g/mol. The molecule has 2 rings (SSSR count). The second-order valence-electron chi connectivity index (χ2n) is 4.11. The van der Waals surface area contributed by atoms with Crippen molar-refractivity contribution >= 4 is 11.6 Å². The van der Waals surface area contributed by atoms with Crippen LogP contribution < -0.4 is 5.32 Å². The highest BCUT2D eigenvalue weighted by Gasteiger charge is 2.06. The Morgan fingerprint density at radius 1 is 1.48 bits per heavy atom. The van der Waals surface area contributed by atoms with Crippen LogP contribution >= 0.6 is 0 Å². The van der Waals surface area contributed by atoms with E-state index in [2.05, 4.69) is 27.2 Å². The summed E-state index contributed by atoms with van der Waals surface area (Å²) < 4.78 is 15.1. The molecule has 6 nitrogen and oxygen atoms in total. The molecule has 1 amide bonds. The number of halogens is 1. The molecule has 0 bridgehead atoms. The summed E-state index contributed by atoms with van der Waals surface area (Å²) in [7, 11) is 0. The van der Waals surface area contributed by atoms with Gasteiger partial charge in [-0.2, -0.15) is 5.10 Å². The van der Waals surface area contributed by atoms with Crippen molar-refractivity contribution in [3.63, 3.8) is 0 Å². The highest BCUT2D eigenvalue weighted by atomic mass is 19.1. The van der Waals surface area contributed by atoms with Gasteiger partial charge in [-0.25, -0.2) is 14.1 Å². The van der Waals surface area contributed by atoms with Crippen LogP contribution in [0.4, 0.5) is 10.1 Å². The molecule has 1 aromatic carbocycles. The predicted octanol–water partition coefficient (Wildman–Crippen LogP) is 0.790. The number of aliphatic hydroxyl groups excluding tert-OH is 1. The number of carbonyl (C=O) groups is 1. The van der Waals surface area contributed by atoms with Crippen molar-refractivity contribution in [2.75, 3.05) is 11.9 Å². The Bertz CT molecular complexity index is 674.